The van der Waals surface area contributed by atoms with E-state index in [2.05, 4.69) is 0 Å². The molecule has 0 radical (unpaired) electrons. The molecule has 0 saturated heterocycles. The molecule has 0 N–H and O–H groups in total. The number of halogens is 1. The minimum atomic E-state index is -0.699. The molecule has 2 aliphatic rings. The Labute approximate surface area is 104 Å². The average molecular weight is 252 g/mol. The number of hydrogen-bond acceptors (Lipinski definition) is 4. The lowest BCUT2D eigenvalue weighted by molar-refractivity contribution is -0.139. The van der Waals surface area contributed by atoms with E-state index in [1.54, 1.807) is 13.0 Å². The van der Waals surface area contributed by atoms with E-state index in [0.717, 1.165) is 19.3 Å². The van der Waals surface area contributed by atoms with Gasteiger partial charge in [-0.2, -0.15) is 0 Å². The molecule has 0 amide bonds. The summed E-state index contributed by atoms with van der Waals surface area (Å²) in [4.78, 5) is 11.6. The van der Waals surface area contributed by atoms with E-state index in [4.69, 9.17) is 14.2 Å². The Balaban J connectivity index is 1.94. The Morgan fingerprint density at radius 2 is 2.22 bits per heavy atom. The first kappa shape index (κ1) is 11.3. The van der Waals surface area contributed by atoms with Crippen LogP contribution in [-0.2, 0) is 4.74 Å². The molecular formula is C13H13FO4. The van der Waals surface area contributed by atoms with Gasteiger partial charge in [-0.05, 0) is 25.5 Å². The fourth-order valence-electron chi connectivity index (χ4n) is 2.16. The van der Waals surface area contributed by atoms with Crippen LogP contribution in [0.25, 0.3) is 0 Å². The summed E-state index contributed by atoms with van der Waals surface area (Å²) in [7, 11) is 0. The molecule has 0 bridgehead atoms. The van der Waals surface area contributed by atoms with Gasteiger partial charge in [0.05, 0.1) is 12.2 Å². The van der Waals surface area contributed by atoms with E-state index in [-0.39, 0.29) is 17.9 Å². The Bertz CT molecular complexity index is 508. The fourth-order valence-corrected chi connectivity index (χ4v) is 2.16. The second-order valence-corrected chi connectivity index (χ2v) is 4.44. The molecule has 4 nitrogen and oxygen atoms in total. The van der Waals surface area contributed by atoms with Crippen molar-refractivity contribution >= 4 is 5.97 Å². The van der Waals surface area contributed by atoms with Crippen molar-refractivity contribution in [2.75, 3.05) is 6.61 Å². The first-order chi connectivity index (χ1) is 8.65. The highest BCUT2D eigenvalue weighted by molar-refractivity contribution is 5.90. The van der Waals surface area contributed by atoms with E-state index >= 15 is 0 Å². The van der Waals surface area contributed by atoms with Gasteiger partial charge in [-0.15, -0.1) is 0 Å². The molecule has 1 spiro atoms. The standard InChI is InChI=1S/C13H13FO4/c1-2-16-12(15)8-4-5-9-11(10(8)14)18-13(17-9)6-3-7-13/h4-5H,2-3,6-7H2,1H3. The summed E-state index contributed by atoms with van der Waals surface area (Å²) >= 11 is 0. The molecule has 1 fully saturated rings. The van der Waals surface area contributed by atoms with Gasteiger partial charge >= 0.3 is 5.97 Å². The van der Waals surface area contributed by atoms with Gasteiger partial charge in [0.1, 0.15) is 0 Å². The SMILES string of the molecule is CCOC(=O)c1ccc2c(c1F)OC1(CCC1)O2. The number of hydrogen-bond donors (Lipinski definition) is 0. The first-order valence-electron chi connectivity index (χ1n) is 6.03. The molecule has 1 aliphatic carbocycles. The Kier molecular flexibility index (Phi) is 2.43. The van der Waals surface area contributed by atoms with Crippen LogP contribution in [0.15, 0.2) is 12.1 Å². The van der Waals surface area contributed by atoms with E-state index < -0.39 is 17.6 Å². The van der Waals surface area contributed by atoms with Crippen molar-refractivity contribution in [2.24, 2.45) is 0 Å². The fraction of sp³-hybridized carbons (Fsp3) is 0.462. The van der Waals surface area contributed by atoms with Crippen LogP contribution in [0, 0.1) is 5.82 Å². The van der Waals surface area contributed by atoms with Gasteiger partial charge in [0, 0.05) is 12.8 Å². The third-order valence-corrected chi connectivity index (χ3v) is 3.26. The molecule has 0 aromatic heterocycles. The molecule has 1 heterocycles. The second-order valence-electron chi connectivity index (χ2n) is 4.44. The van der Waals surface area contributed by atoms with Gasteiger partial charge in [-0.25, -0.2) is 9.18 Å². The van der Waals surface area contributed by atoms with Crippen LogP contribution in [0.1, 0.15) is 36.5 Å². The molecule has 18 heavy (non-hydrogen) atoms. The quantitative estimate of drug-likeness (QED) is 0.759. The second kappa shape index (κ2) is 3.86. The Morgan fingerprint density at radius 3 is 2.83 bits per heavy atom. The predicted molar refractivity (Wildman–Crippen MR) is 60.2 cm³/mol. The largest absolute Gasteiger partial charge is 0.462 e. The van der Waals surface area contributed by atoms with Crippen molar-refractivity contribution < 1.29 is 23.4 Å². The number of carbonyl (C=O) groups is 1. The lowest BCUT2D eigenvalue weighted by Gasteiger charge is -2.35. The number of fused-ring (bicyclic) bond motifs is 1. The highest BCUT2D eigenvalue weighted by Gasteiger charge is 2.48. The summed E-state index contributed by atoms with van der Waals surface area (Å²) in [5, 5.41) is 0. The van der Waals surface area contributed by atoms with Gasteiger partial charge < -0.3 is 14.2 Å². The number of benzene rings is 1. The third-order valence-electron chi connectivity index (χ3n) is 3.26. The van der Waals surface area contributed by atoms with E-state index in [1.807, 2.05) is 0 Å². The summed E-state index contributed by atoms with van der Waals surface area (Å²) in [6.45, 7) is 1.88. The van der Waals surface area contributed by atoms with Crippen molar-refractivity contribution in [2.45, 2.75) is 32.0 Å². The molecule has 5 heteroatoms. The van der Waals surface area contributed by atoms with Gasteiger partial charge in [-0.1, -0.05) is 0 Å². The molecule has 1 aromatic carbocycles. The number of ether oxygens (including phenoxy) is 3. The van der Waals surface area contributed by atoms with Crippen molar-refractivity contribution in [3.8, 4) is 11.5 Å². The average Bonchev–Trinajstić information content (AvgIpc) is 2.70. The summed E-state index contributed by atoms with van der Waals surface area (Å²) in [6.07, 6.45) is 2.49. The third kappa shape index (κ3) is 1.54. The van der Waals surface area contributed by atoms with Crippen LogP contribution in [0.5, 0.6) is 11.5 Å². The smallest absolute Gasteiger partial charge is 0.341 e. The maximum absolute atomic E-state index is 14.1. The molecule has 3 rings (SSSR count). The summed E-state index contributed by atoms with van der Waals surface area (Å²) in [5.41, 5.74) is -0.115. The normalized spacial score (nSPS) is 18.6. The van der Waals surface area contributed by atoms with Crippen LogP contribution in [-0.4, -0.2) is 18.4 Å². The lowest BCUT2D eigenvalue weighted by Crippen LogP contribution is -2.45. The monoisotopic (exact) mass is 252 g/mol. The highest BCUT2D eigenvalue weighted by atomic mass is 19.1. The minimum absolute atomic E-state index is 0.0280. The van der Waals surface area contributed by atoms with Crippen molar-refractivity contribution in [3.05, 3.63) is 23.5 Å². The molecule has 0 unspecified atom stereocenters. The summed E-state index contributed by atoms with van der Waals surface area (Å²) in [5.74, 6) is -1.69. The van der Waals surface area contributed by atoms with Gasteiger partial charge in [0.2, 0.25) is 5.75 Å². The first-order valence-corrected chi connectivity index (χ1v) is 6.03. The van der Waals surface area contributed by atoms with Crippen LogP contribution in [0.3, 0.4) is 0 Å². The molecule has 0 atom stereocenters. The maximum Gasteiger partial charge on any atom is 0.341 e. The van der Waals surface area contributed by atoms with Crippen molar-refractivity contribution in [1.29, 1.82) is 0 Å². The highest BCUT2D eigenvalue weighted by Crippen LogP contribution is 2.49. The molecule has 1 aliphatic heterocycles. The van der Waals surface area contributed by atoms with E-state index in [1.165, 1.54) is 6.07 Å². The van der Waals surface area contributed by atoms with Crippen molar-refractivity contribution in [1.82, 2.24) is 0 Å². The van der Waals surface area contributed by atoms with Gasteiger partial charge in [0.25, 0.3) is 5.79 Å². The summed E-state index contributed by atoms with van der Waals surface area (Å²) < 4.78 is 30.0. The topological polar surface area (TPSA) is 44.8 Å². The van der Waals surface area contributed by atoms with E-state index in [9.17, 15) is 9.18 Å². The summed E-state index contributed by atoms with van der Waals surface area (Å²) in [6, 6.07) is 2.92. The van der Waals surface area contributed by atoms with Gasteiger partial charge in [-0.3, -0.25) is 0 Å². The number of esters is 1. The van der Waals surface area contributed by atoms with Gasteiger partial charge in [0.15, 0.2) is 11.6 Å². The maximum atomic E-state index is 14.1. The molecule has 96 valence electrons. The number of carbonyl (C=O) groups excluding carboxylic acids is 1. The van der Waals surface area contributed by atoms with Crippen LogP contribution >= 0.6 is 0 Å². The van der Waals surface area contributed by atoms with Crippen LogP contribution in [0.2, 0.25) is 0 Å². The molecule has 1 aromatic rings. The molecular weight excluding hydrogens is 239 g/mol. The van der Waals surface area contributed by atoms with Crippen LogP contribution in [0.4, 0.5) is 4.39 Å². The van der Waals surface area contributed by atoms with Crippen LogP contribution < -0.4 is 9.47 Å². The zero-order valence-corrected chi connectivity index (χ0v) is 9.99. The Morgan fingerprint density at radius 1 is 1.44 bits per heavy atom. The zero-order valence-electron chi connectivity index (χ0n) is 9.99. The minimum Gasteiger partial charge on any atom is -0.462 e. The predicted octanol–water partition coefficient (Wildman–Crippen LogP) is 2.65. The lowest BCUT2D eigenvalue weighted by atomic mass is 9.91. The molecule has 1 saturated carbocycles. The van der Waals surface area contributed by atoms with E-state index in [0.29, 0.717) is 5.75 Å². The Hall–Kier alpha value is -1.78. The number of rotatable bonds is 2. The van der Waals surface area contributed by atoms with Crippen molar-refractivity contribution in [3.63, 3.8) is 0 Å². The zero-order chi connectivity index (χ0) is 12.8.